The molecule has 0 amide bonds. The van der Waals surface area contributed by atoms with Gasteiger partial charge in [-0.1, -0.05) is 65.2 Å². The average molecular weight is 242 g/mol. The highest BCUT2D eigenvalue weighted by atomic mass is 14.8. The third-order valence-corrected chi connectivity index (χ3v) is 3.90. The van der Waals surface area contributed by atoms with E-state index in [0.29, 0.717) is 0 Å². The van der Waals surface area contributed by atoms with Crippen molar-refractivity contribution in [1.82, 2.24) is 0 Å². The monoisotopic (exact) mass is 242 g/mol. The molecule has 4 N–H and O–H groups in total. The van der Waals surface area contributed by atoms with E-state index in [-0.39, 0.29) is 11.6 Å². The number of rotatable bonds is 11. The third-order valence-electron chi connectivity index (χ3n) is 3.90. The van der Waals surface area contributed by atoms with Gasteiger partial charge in [0.2, 0.25) is 0 Å². The SMILES string of the molecule is CCCCCCC(N)(CCCCCC)C(C)N. The lowest BCUT2D eigenvalue weighted by atomic mass is 9.82. The van der Waals surface area contributed by atoms with Gasteiger partial charge in [-0.05, 0) is 19.8 Å². The minimum absolute atomic E-state index is 0.116. The maximum absolute atomic E-state index is 6.48. The smallest absolute Gasteiger partial charge is 0.0305 e. The molecule has 0 spiro atoms. The van der Waals surface area contributed by atoms with Crippen LogP contribution in [0.15, 0.2) is 0 Å². The van der Waals surface area contributed by atoms with Crippen LogP contribution in [0.5, 0.6) is 0 Å². The Balaban J connectivity index is 3.90. The summed E-state index contributed by atoms with van der Waals surface area (Å²) >= 11 is 0. The Morgan fingerprint density at radius 1 is 0.824 bits per heavy atom. The van der Waals surface area contributed by atoms with E-state index >= 15 is 0 Å². The van der Waals surface area contributed by atoms with Gasteiger partial charge in [-0.2, -0.15) is 0 Å². The molecule has 2 nitrogen and oxygen atoms in total. The van der Waals surface area contributed by atoms with E-state index in [1.165, 1.54) is 51.4 Å². The topological polar surface area (TPSA) is 52.0 Å². The Kier molecular flexibility index (Phi) is 9.85. The molecule has 2 heteroatoms. The molecule has 0 aliphatic carbocycles. The van der Waals surface area contributed by atoms with E-state index < -0.39 is 0 Å². The van der Waals surface area contributed by atoms with Crippen LogP contribution in [-0.4, -0.2) is 11.6 Å². The van der Waals surface area contributed by atoms with Crippen LogP contribution in [0, 0.1) is 0 Å². The van der Waals surface area contributed by atoms with Gasteiger partial charge in [0.05, 0.1) is 0 Å². The van der Waals surface area contributed by atoms with Gasteiger partial charge in [0.1, 0.15) is 0 Å². The van der Waals surface area contributed by atoms with Crippen LogP contribution in [0.2, 0.25) is 0 Å². The minimum atomic E-state index is -0.124. The number of nitrogens with two attached hydrogens (primary N) is 2. The maximum Gasteiger partial charge on any atom is 0.0305 e. The van der Waals surface area contributed by atoms with E-state index in [0.717, 1.165) is 12.8 Å². The van der Waals surface area contributed by atoms with Crippen molar-refractivity contribution in [3.05, 3.63) is 0 Å². The number of hydrogen-bond acceptors (Lipinski definition) is 2. The molecule has 1 atom stereocenters. The summed E-state index contributed by atoms with van der Waals surface area (Å²) in [6.07, 6.45) is 12.5. The Bertz CT molecular complexity index is 154. The number of unbranched alkanes of at least 4 members (excludes halogenated alkanes) is 6. The van der Waals surface area contributed by atoms with Crippen LogP contribution in [0.3, 0.4) is 0 Å². The van der Waals surface area contributed by atoms with Gasteiger partial charge in [0.15, 0.2) is 0 Å². The molecular formula is C15H34N2. The van der Waals surface area contributed by atoms with E-state index in [9.17, 15) is 0 Å². The first kappa shape index (κ1) is 16.9. The molecule has 0 aliphatic rings. The lowest BCUT2D eigenvalue weighted by molar-refractivity contribution is 0.290. The summed E-state index contributed by atoms with van der Waals surface area (Å²) in [7, 11) is 0. The lowest BCUT2D eigenvalue weighted by Gasteiger charge is -2.34. The Labute approximate surface area is 109 Å². The van der Waals surface area contributed by atoms with Crippen molar-refractivity contribution >= 4 is 0 Å². The minimum Gasteiger partial charge on any atom is -0.326 e. The third kappa shape index (κ3) is 7.77. The van der Waals surface area contributed by atoms with Crippen LogP contribution < -0.4 is 11.5 Å². The van der Waals surface area contributed by atoms with Crippen LogP contribution >= 0.6 is 0 Å². The maximum atomic E-state index is 6.48. The first-order valence-electron chi connectivity index (χ1n) is 7.61. The summed E-state index contributed by atoms with van der Waals surface area (Å²) in [5.74, 6) is 0. The van der Waals surface area contributed by atoms with Crippen molar-refractivity contribution in [1.29, 1.82) is 0 Å². The van der Waals surface area contributed by atoms with Crippen molar-refractivity contribution in [2.45, 2.75) is 96.6 Å². The van der Waals surface area contributed by atoms with Gasteiger partial charge in [-0.15, -0.1) is 0 Å². The molecule has 0 fully saturated rings. The molecule has 0 bridgehead atoms. The van der Waals surface area contributed by atoms with E-state index in [1.807, 2.05) is 0 Å². The van der Waals surface area contributed by atoms with Crippen LogP contribution in [-0.2, 0) is 0 Å². The Morgan fingerprint density at radius 2 is 1.24 bits per heavy atom. The quantitative estimate of drug-likeness (QED) is 0.539. The second-order valence-electron chi connectivity index (χ2n) is 5.64. The van der Waals surface area contributed by atoms with Crippen molar-refractivity contribution in [3.63, 3.8) is 0 Å². The standard InChI is InChI=1S/C15H34N2/c1-4-6-8-10-12-15(17,14(3)16)13-11-9-7-5-2/h14H,4-13,16-17H2,1-3H3. The molecule has 0 aliphatic heterocycles. The Hall–Kier alpha value is -0.0800. The fraction of sp³-hybridized carbons (Fsp3) is 1.00. The second-order valence-corrected chi connectivity index (χ2v) is 5.64. The molecule has 0 aromatic rings. The van der Waals surface area contributed by atoms with Gasteiger partial charge in [0, 0.05) is 11.6 Å². The van der Waals surface area contributed by atoms with E-state index in [4.69, 9.17) is 11.5 Å². The van der Waals surface area contributed by atoms with Crippen LogP contribution in [0.1, 0.15) is 85.0 Å². The molecule has 104 valence electrons. The van der Waals surface area contributed by atoms with Crippen molar-refractivity contribution in [2.24, 2.45) is 11.5 Å². The molecular weight excluding hydrogens is 208 g/mol. The zero-order chi connectivity index (χ0) is 13.1. The highest BCUT2D eigenvalue weighted by Crippen LogP contribution is 2.23. The van der Waals surface area contributed by atoms with Crippen molar-refractivity contribution < 1.29 is 0 Å². The van der Waals surface area contributed by atoms with E-state index in [2.05, 4.69) is 20.8 Å². The number of hydrogen-bond donors (Lipinski definition) is 2. The van der Waals surface area contributed by atoms with Gasteiger partial charge < -0.3 is 11.5 Å². The summed E-state index contributed by atoms with van der Waals surface area (Å²) in [4.78, 5) is 0. The zero-order valence-corrected chi connectivity index (χ0v) is 12.3. The van der Waals surface area contributed by atoms with Crippen LogP contribution in [0.4, 0.5) is 0 Å². The molecule has 17 heavy (non-hydrogen) atoms. The summed E-state index contributed by atoms with van der Waals surface area (Å²) < 4.78 is 0. The van der Waals surface area contributed by atoms with Crippen molar-refractivity contribution in [3.8, 4) is 0 Å². The van der Waals surface area contributed by atoms with Gasteiger partial charge >= 0.3 is 0 Å². The molecule has 0 heterocycles. The molecule has 0 saturated heterocycles. The zero-order valence-electron chi connectivity index (χ0n) is 12.3. The molecule has 0 aromatic carbocycles. The molecule has 1 unspecified atom stereocenters. The Morgan fingerprint density at radius 3 is 1.53 bits per heavy atom. The molecule has 0 rings (SSSR count). The van der Waals surface area contributed by atoms with Crippen LogP contribution in [0.25, 0.3) is 0 Å². The predicted molar refractivity (Wildman–Crippen MR) is 78.1 cm³/mol. The summed E-state index contributed by atoms with van der Waals surface area (Å²) in [5.41, 5.74) is 12.4. The van der Waals surface area contributed by atoms with Gasteiger partial charge in [-0.3, -0.25) is 0 Å². The van der Waals surface area contributed by atoms with Crippen molar-refractivity contribution in [2.75, 3.05) is 0 Å². The lowest BCUT2D eigenvalue weighted by Crippen LogP contribution is -2.53. The summed E-state index contributed by atoms with van der Waals surface area (Å²) in [5, 5.41) is 0. The summed E-state index contributed by atoms with van der Waals surface area (Å²) in [6.45, 7) is 6.55. The second kappa shape index (κ2) is 9.90. The fourth-order valence-electron chi connectivity index (χ4n) is 2.34. The summed E-state index contributed by atoms with van der Waals surface area (Å²) in [6, 6.07) is 0.116. The first-order valence-corrected chi connectivity index (χ1v) is 7.61. The van der Waals surface area contributed by atoms with Gasteiger partial charge in [0.25, 0.3) is 0 Å². The predicted octanol–water partition coefficient (Wildman–Crippen LogP) is 3.97. The fourth-order valence-corrected chi connectivity index (χ4v) is 2.34. The molecule has 0 aromatic heterocycles. The van der Waals surface area contributed by atoms with Gasteiger partial charge in [-0.25, -0.2) is 0 Å². The molecule has 0 radical (unpaired) electrons. The largest absolute Gasteiger partial charge is 0.326 e. The molecule has 0 saturated carbocycles. The van der Waals surface area contributed by atoms with E-state index in [1.54, 1.807) is 0 Å². The highest BCUT2D eigenvalue weighted by molar-refractivity contribution is 4.91. The first-order chi connectivity index (χ1) is 8.06. The normalized spacial score (nSPS) is 13.9. The highest BCUT2D eigenvalue weighted by Gasteiger charge is 2.28. The average Bonchev–Trinajstić information content (AvgIpc) is 2.30.